The van der Waals surface area contributed by atoms with Crippen LogP contribution in [0.25, 0.3) is 0 Å². The van der Waals surface area contributed by atoms with E-state index >= 15 is 0 Å². The Morgan fingerprint density at radius 1 is 1.11 bits per heavy atom. The fraction of sp³-hybridized carbons (Fsp3) is 1.00. The SMILES string of the molecule is COCCCOCCN1CC(N2CCNCC2)C1. The van der Waals surface area contributed by atoms with Gasteiger partial charge < -0.3 is 14.8 Å². The zero-order chi connectivity index (χ0) is 12.6. The molecule has 0 spiro atoms. The maximum Gasteiger partial charge on any atom is 0.0593 e. The van der Waals surface area contributed by atoms with Crippen molar-refractivity contribution in [3.63, 3.8) is 0 Å². The number of hydrogen-bond donors (Lipinski definition) is 1. The molecule has 0 atom stereocenters. The number of nitrogens with one attached hydrogen (secondary N) is 1. The molecule has 0 aromatic heterocycles. The molecule has 18 heavy (non-hydrogen) atoms. The summed E-state index contributed by atoms with van der Waals surface area (Å²) in [5, 5.41) is 3.40. The quantitative estimate of drug-likeness (QED) is 0.601. The molecule has 0 saturated carbocycles. The van der Waals surface area contributed by atoms with Crippen LogP contribution in [0.5, 0.6) is 0 Å². The van der Waals surface area contributed by atoms with Gasteiger partial charge in [0.2, 0.25) is 0 Å². The number of rotatable bonds is 8. The minimum Gasteiger partial charge on any atom is -0.385 e. The molecule has 1 N–H and O–H groups in total. The van der Waals surface area contributed by atoms with E-state index in [9.17, 15) is 0 Å². The van der Waals surface area contributed by atoms with Crippen molar-refractivity contribution < 1.29 is 9.47 Å². The van der Waals surface area contributed by atoms with Gasteiger partial charge in [0.25, 0.3) is 0 Å². The Balaban J connectivity index is 1.43. The molecule has 5 heteroatoms. The van der Waals surface area contributed by atoms with Crippen molar-refractivity contribution >= 4 is 0 Å². The van der Waals surface area contributed by atoms with Crippen molar-refractivity contribution in [2.75, 3.05) is 72.7 Å². The average Bonchev–Trinajstić information content (AvgIpc) is 2.36. The summed E-state index contributed by atoms with van der Waals surface area (Å²) in [7, 11) is 1.73. The molecule has 0 amide bonds. The number of methoxy groups -OCH3 is 1. The third-order valence-electron chi connectivity index (χ3n) is 3.79. The van der Waals surface area contributed by atoms with Crippen molar-refractivity contribution in [3.8, 4) is 0 Å². The predicted molar refractivity (Wildman–Crippen MR) is 72.0 cm³/mol. The predicted octanol–water partition coefficient (Wildman–Crippen LogP) is -0.371. The van der Waals surface area contributed by atoms with E-state index in [1.807, 2.05) is 0 Å². The van der Waals surface area contributed by atoms with Crippen LogP contribution in [0.1, 0.15) is 6.42 Å². The lowest BCUT2D eigenvalue weighted by Gasteiger charge is -2.46. The third-order valence-corrected chi connectivity index (χ3v) is 3.79. The first-order valence-corrected chi connectivity index (χ1v) is 7.14. The van der Waals surface area contributed by atoms with Crippen molar-refractivity contribution in [3.05, 3.63) is 0 Å². The van der Waals surface area contributed by atoms with Crippen LogP contribution < -0.4 is 5.32 Å². The Morgan fingerprint density at radius 3 is 2.61 bits per heavy atom. The lowest BCUT2D eigenvalue weighted by atomic mass is 10.1. The van der Waals surface area contributed by atoms with Gasteiger partial charge in [0.15, 0.2) is 0 Å². The van der Waals surface area contributed by atoms with Crippen LogP contribution in [0.4, 0.5) is 0 Å². The monoisotopic (exact) mass is 257 g/mol. The summed E-state index contributed by atoms with van der Waals surface area (Å²) >= 11 is 0. The molecule has 2 heterocycles. The largest absolute Gasteiger partial charge is 0.385 e. The summed E-state index contributed by atoms with van der Waals surface area (Å²) in [6.07, 6.45) is 1.000. The van der Waals surface area contributed by atoms with Crippen molar-refractivity contribution in [2.45, 2.75) is 12.5 Å². The molecular formula is C13H27N3O2. The highest BCUT2D eigenvalue weighted by Gasteiger charge is 2.31. The van der Waals surface area contributed by atoms with E-state index in [1.54, 1.807) is 7.11 Å². The number of nitrogens with zero attached hydrogens (tertiary/aromatic N) is 2. The number of hydrogen-bond acceptors (Lipinski definition) is 5. The van der Waals surface area contributed by atoms with Gasteiger partial charge in [-0.2, -0.15) is 0 Å². The van der Waals surface area contributed by atoms with Gasteiger partial charge in [-0.05, 0) is 6.42 Å². The lowest BCUT2D eigenvalue weighted by Crippen LogP contribution is -2.63. The molecule has 2 rings (SSSR count). The second kappa shape index (κ2) is 8.07. The molecular weight excluding hydrogens is 230 g/mol. The molecule has 5 nitrogen and oxygen atoms in total. The molecule has 2 aliphatic heterocycles. The highest BCUT2D eigenvalue weighted by atomic mass is 16.5. The Labute approximate surface area is 110 Å². The Bertz CT molecular complexity index is 216. The summed E-state index contributed by atoms with van der Waals surface area (Å²) in [4.78, 5) is 5.11. The summed E-state index contributed by atoms with van der Waals surface area (Å²) in [6, 6.07) is 0.792. The van der Waals surface area contributed by atoms with Crippen molar-refractivity contribution in [1.29, 1.82) is 0 Å². The second-order valence-corrected chi connectivity index (χ2v) is 5.16. The summed E-state index contributed by atoms with van der Waals surface area (Å²) in [6.45, 7) is 10.7. The van der Waals surface area contributed by atoms with Gasteiger partial charge in [-0.25, -0.2) is 0 Å². The van der Waals surface area contributed by atoms with Crippen LogP contribution in [0.3, 0.4) is 0 Å². The van der Waals surface area contributed by atoms with Gasteiger partial charge in [-0.3, -0.25) is 9.80 Å². The smallest absolute Gasteiger partial charge is 0.0593 e. The third kappa shape index (κ3) is 4.48. The number of ether oxygens (including phenoxy) is 2. The molecule has 0 aromatic carbocycles. The highest BCUT2D eigenvalue weighted by molar-refractivity contribution is 4.89. The van der Waals surface area contributed by atoms with Crippen molar-refractivity contribution in [2.24, 2.45) is 0 Å². The fourth-order valence-corrected chi connectivity index (χ4v) is 2.60. The van der Waals surface area contributed by atoms with E-state index in [1.165, 1.54) is 26.2 Å². The summed E-state index contributed by atoms with van der Waals surface area (Å²) < 4.78 is 10.6. The van der Waals surface area contributed by atoms with E-state index in [0.717, 1.165) is 51.9 Å². The molecule has 0 aliphatic carbocycles. The Hall–Kier alpha value is -0.200. The molecule has 2 fully saturated rings. The molecule has 2 saturated heterocycles. The standard InChI is InChI=1S/C13H27N3O2/c1-17-8-2-9-18-10-7-15-11-13(12-15)16-5-3-14-4-6-16/h13-14H,2-12H2,1H3. The van der Waals surface area contributed by atoms with Crippen LogP contribution in [0.15, 0.2) is 0 Å². The zero-order valence-corrected chi connectivity index (χ0v) is 11.6. The van der Waals surface area contributed by atoms with Gasteiger partial charge in [0.05, 0.1) is 6.61 Å². The van der Waals surface area contributed by atoms with E-state index in [0.29, 0.717) is 0 Å². The second-order valence-electron chi connectivity index (χ2n) is 5.16. The first-order chi connectivity index (χ1) is 8.90. The van der Waals surface area contributed by atoms with E-state index in [4.69, 9.17) is 9.47 Å². The number of piperazine rings is 1. The van der Waals surface area contributed by atoms with Crippen LogP contribution in [-0.4, -0.2) is 88.6 Å². The van der Waals surface area contributed by atoms with Gasteiger partial charge in [0.1, 0.15) is 0 Å². The van der Waals surface area contributed by atoms with Gasteiger partial charge in [-0.15, -0.1) is 0 Å². The highest BCUT2D eigenvalue weighted by Crippen LogP contribution is 2.14. The van der Waals surface area contributed by atoms with Gasteiger partial charge in [0, 0.05) is 72.2 Å². The Kier molecular flexibility index (Phi) is 6.37. The summed E-state index contributed by atoms with van der Waals surface area (Å²) in [5.41, 5.74) is 0. The molecule has 0 radical (unpaired) electrons. The molecule has 0 aromatic rings. The molecule has 0 unspecified atom stereocenters. The van der Waals surface area contributed by atoms with E-state index in [-0.39, 0.29) is 0 Å². The van der Waals surface area contributed by atoms with Crippen molar-refractivity contribution in [1.82, 2.24) is 15.1 Å². The fourth-order valence-electron chi connectivity index (χ4n) is 2.60. The summed E-state index contributed by atoms with van der Waals surface area (Å²) in [5.74, 6) is 0. The van der Waals surface area contributed by atoms with Gasteiger partial charge in [-0.1, -0.05) is 0 Å². The first-order valence-electron chi connectivity index (χ1n) is 7.14. The minimum absolute atomic E-state index is 0.792. The van der Waals surface area contributed by atoms with Crippen LogP contribution in [0.2, 0.25) is 0 Å². The minimum atomic E-state index is 0.792. The zero-order valence-electron chi connectivity index (χ0n) is 11.6. The maximum absolute atomic E-state index is 5.58. The van der Waals surface area contributed by atoms with E-state index in [2.05, 4.69) is 15.1 Å². The van der Waals surface area contributed by atoms with E-state index < -0.39 is 0 Å². The lowest BCUT2D eigenvalue weighted by molar-refractivity contribution is 0.00497. The molecule has 2 aliphatic rings. The van der Waals surface area contributed by atoms with Crippen LogP contribution in [0, 0.1) is 0 Å². The Morgan fingerprint density at radius 2 is 1.89 bits per heavy atom. The van der Waals surface area contributed by atoms with Crippen LogP contribution in [-0.2, 0) is 9.47 Å². The number of likely N-dealkylation sites (tertiary alicyclic amines) is 1. The topological polar surface area (TPSA) is 37.0 Å². The maximum atomic E-state index is 5.58. The average molecular weight is 257 g/mol. The van der Waals surface area contributed by atoms with Gasteiger partial charge >= 0.3 is 0 Å². The first kappa shape index (κ1) is 14.2. The molecule has 106 valence electrons. The molecule has 0 bridgehead atoms. The normalized spacial score (nSPS) is 23.2. The van der Waals surface area contributed by atoms with Crippen LogP contribution >= 0.6 is 0 Å².